The van der Waals surface area contributed by atoms with Crippen molar-refractivity contribution in [1.29, 1.82) is 0 Å². The fraction of sp³-hybridized carbons (Fsp3) is 0.889. The van der Waals surface area contributed by atoms with E-state index in [1.807, 2.05) is 0 Å². The molecule has 0 saturated heterocycles. The van der Waals surface area contributed by atoms with Crippen molar-refractivity contribution in [2.75, 3.05) is 0 Å². The van der Waals surface area contributed by atoms with Crippen LogP contribution in [0.15, 0.2) is 0 Å². The van der Waals surface area contributed by atoms with Gasteiger partial charge in [-0.15, -0.1) is 0 Å². The molecule has 0 heterocycles. The average molecular weight is 129 g/mol. The van der Waals surface area contributed by atoms with E-state index in [1.165, 1.54) is 25.2 Å². The standard InChI is InChI=1S/C5H12.C4H9/c1-3-5-4-2;1-4(2)3/h3-5H2,1-2H3;1-3H3. The minimum atomic E-state index is 1.34. The summed E-state index contributed by atoms with van der Waals surface area (Å²) in [4.78, 5) is 0. The van der Waals surface area contributed by atoms with Gasteiger partial charge < -0.3 is 0 Å². The Morgan fingerprint density at radius 2 is 1.11 bits per heavy atom. The first-order valence-electron chi connectivity index (χ1n) is 3.91. The molecule has 0 nitrogen and oxygen atoms in total. The quantitative estimate of drug-likeness (QED) is 0.531. The van der Waals surface area contributed by atoms with E-state index in [0.29, 0.717) is 0 Å². The van der Waals surface area contributed by atoms with Gasteiger partial charge in [-0.3, -0.25) is 0 Å². The van der Waals surface area contributed by atoms with Gasteiger partial charge in [-0.25, -0.2) is 0 Å². The molecule has 0 saturated carbocycles. The first-order chi connectivity index (χ1) is 4.15. The topological polar surface area (TPSA) is 0 Å². The maximum atomic E-state index is 2.21. The lowest BCUT2D eigenvalue weighted by atomic mass is 10.3. The predicted octanol–water partition coefficient (Wildman–Crippen LogP) is 3.82. The Hall–Kier alpha value is 0. The highest BCUT2D eigenvalue weighted by atomic mass is 13.7. The van der Waals surface area contributed by atoms with Crippen LogP contribution in [0.4, 0.5) is 0 Å². The van der Waals surface area contributed by atoms with Crippen LogP contribution in [0.2, 0.25) is 0 Å². The molecule has 0 aromatic carbocycles. The Balaban J connectivity index is 0. The van der Waals surface area contributed by atoms with Crippen molar-refractivity contribution in [3.05, 3.63) is 5.92 Å². The summed E-state index contributed by atoms with van der Waals surface area (Å²) in [6.45, 7) is 10.7. The van der Waals surface area contributed by atoms with Crippen molar-refractivity contribution < 1.29 is 0 Å². The number of hydrogen-bond donors (Lipinski definition) is 0. The van der Waals surface area contributed by atoms with Gasteiger partial charge in [0, 0.05) is 0 Å². The lowest BCUT2D eigenvalue weighted by Gasteiger charge is -1.79. The molecule has 0 amide bonds. The van der Waals surface area contributed by atoms with E-state index >= 15 is 0 Å². The molecule has 0 rings (SSSR count). The molecule has 0 aromatic rings. The maximum Gasteiger partial charge on any atom is -0.0334 e. The van der Waals surface area contributed by atoms with Gasteiger partial charge >= 0.3 is 0 Å². The van der Waals surface area contributed by atoms with Gasteiger partial charge in [-0.1, -0.05) is 53.9 Å². The highest BCUT2D eigenvalue weighted by molar-refractivity contribution is 4.64. The SMILES string of the molecule is CCCCC.C[C](C)C. The van der Waals surface area contributed by atoms with Gasteiger partial charge in [0.2, 0.25) is 0 Å². The molecule has 0 aliphatic heterocycles. The van der Waals surface area contributed by atoms with Crippen LogP contribution in [0.1, 0.15) is 53.9 Å². The summed E-state index contributed by atoms with van der Waals surface area (Å²) < 4.78 is 0. The third-order valence-electron chi connectivity index (χ3n) is 0.707. The molecule has 0 heteroatoms. The zero-order valence-corrected chi connectivity index (χ0v) is 7.62. The molecular weight excluding hydrogens is 108 g/mol. The first kappa shape index (κ1) is 11.8. The number of hydrogen-bond acceptors (Lipinski definition) is 0. The van der Waals surface area contributed by atoms with Crippen molar-refractivity contribution in [2.45, 2.75) is 53.9 Å². The van der Waals surface area contributed by atoms with Crippen LogP contribution in [0.25, 0.3) is 0 Å². The van der Waals surface area contributed by atoms with Crippen molar-refractivity contribution in [1.82, 2.24) is 0 Å². The first-order valence-corrected chi connectivity index (χ1v) is 3.91. The van der Waals surface area contributed by atoms with E-state index in [2.05, 4.69) is 34.6 Å². The number of rotatable bonds is 2. The van der Waals surface area contributed by atoms with Crippen LogP contribution in [0, 0.1) is 5.92 Å². The summed E-state index contributed by atoms with van der Waals surface area (Å²) in [5.74, 6) is 1.42. The monoisotopic (exact) mass is 129 g/mol. The van der Waals surface area contributed by atoms with Crippen LogP contribution in [-0.4, -0.2) is 0 Å². The van der Waals surface area contributed by atoms with Gasteiger partial charge in [0.25, 0.3) is 0 Å². The summed E-state index contributed by atoms with van der Waals surface area (Å²) >= 11 is 0. The van der Waals surface area contributed by atoms with Crippen LogP contribution in [0.3, 0.4) is 0 Å². The van der Waals surface area contributed by atoms with Gasteiger partial charge in [-0.05, 0) is 5.92 Å². The van der Waals surface area contributed by atoms with Crippen molar-refractivity contribution in [2.24, 2.45) is 0 Å². The molecular formula is C9H21. The molecule has 0 spiro atoms. The van der Waals surface area contributed by atoms with Gasteiger partial charge in [0.1, 0.15) is 0 Å². The minimum absolute atomic E-state index is 1.34. The Labute approximate surface area is 60.7 Å². The fourth-order valence-electron chi connectivity index (χ4n) is 0.354. The predicted molar refractivity (Wildman–Crippen MR) is 45.5 cm³/mol. The zero-order chi connectivity index (χ0) is 7.70. The van der Waals surface area contributed by atoms with Gasteiger partial charge in [0.05, 0.1) is 0 Å². The van der Waals surface area contributed by atoms with E-state index in [-0.39, 0.29) is 0 Å². The lowest BCUT2D eigenvalue weighted by Crippen LogP contribution is -1.62. The fourth-order valence-corrected chi connectivity index (χ4v) is 0.354. The molecule has 0 aliphatic carbocycles. The van der Waals surface area contributed by atoms with Crippen LogP contribution < -0.4 is 0 Å². The highest BCUT2D eigenvalue weighted by Crippen LogP contribution is 1.88. The van der Waals surface area contributed by atoms with Crippen molar-refractivity contribution >= 4 is 0 Å². The van der Waals surface area contributed by atoms with Crippen LogP contribution >= 0.6 is 0 Å². The summed E-state index contributed by atoms with van der Waals surface area (Å²) in [7, 11) is 0. The average Bonchev–Trinajstić information content (AvgIpc) is 1.66. The molecule has 0 atom stereocenters. The van der Waals surface area contributed by atoms with E-state index in [4.69, 9.17) is 0 Å². The number of unbranched alkanes of at least 4 members (excludes halogenated alkanes) is 2. The van der Waals surface area contributed by atoms with E-state index < -0.39 is 0 Å². The maximum absolute atomic E-state index is 2.21. The van der Waals surface area contributed by atoms with Gasteiger partial charge in [-0.2, -0.15) is 0 Å². The largest absolute Gasteiger partial charge is 0.0654 e. The van der Waals surface area contributed by atoms with E-state index in [1.54, 1.807) is 0 Å². The smallest absolute Gasteiger partial charge is 0.0334 e. The Morgan fingerprint density at radius 1 is 0.889 bits per heavy atom. The lowest BCUT2D eigenvalue weighted by molar-refractivity contribution is 0.772. The molecule has 0 aromatic heterocycles. The summed E-state index contributed by atoms with van der Waals surface area (Å²) in [6, 6.07) is 0. The molecule has 57 valence electrons. The normalized spacial score (nSPS) is 8.67. The second-order valence-electron chi connectivity index (χ2n) is 2.85. The van der Waals surface area contributed by atoms with E-state index in [0.717, 1.165) is 0 Å². The molecule has 0 aliphatic rings. The molecule has 1 radical (unpaired) electrons. The summed E-state index contributed by atoms with van der Waals surface area (Å²) in [5.41, 5.74) is 0. The third-order valence-corrected chi connectivity index (χ3v) is 0.707. The summed E-state index contributed by atoms with van der Waals surface area (Å²) in [5, 5.41) is 0. The van der Waals surface area contributed by atoms with Gasteiger partial charge in [0.15, 0.2) is 0 Å². The Morgan fingerprint density at radius 3 is 1.11 bits per heavy atom. The molecule has 0 fully saturated rings. The van der Waals surface area contributed by atoms with E-state index in [9.17, 15) is 0 Å². The Kier molecular flexibility index (Phi) is 14.2. The minimum Gasteiger partial charge on any atom is -0.0654 e. The molecule has 0 unspecified atom stereocenters. The van der Waals surface area contributed by atoms with Crippen molar-refractivity contribution in [3.63, 3.8) is 0 Å². The molecule has 9 heavy (non-hydrogen) atoms. The molecule has 0 bridgehead atoms. The summed E-state index contributed by atoms with van der Waals surface area (Å²) in [6.07, 6.45) is 4.08. The van der Waals surface area contributed by atoms with Crippen LogP contribution in [0.5, 0.6) is 0 Å². The molecule has 0 N–H and O–H groups in total. The second-order valence-corrected chi connectivity index (χ2v) is 2.85. The highest BCUT2D eigenvalue weighted by Gasteiger charge is 1.69. The van der Waals surface area contributed by atoms with Crippen molar-refractivity contribution in [3.8, 4) is 0 Å². The zero-order valence-electron chi connectivity index (χ0n) is 7.62. The third kappa shape index (κ3) is 72.0. The van der Waals surface area contributed by atoms with Crippen LogP contribution in [-0.2, 0) is 0 Å². The second kappa shape index (κ2) is 10.9. The Bertz CT molecular complexity index is 24.3.